The maximum absolute atomic E-state index is 11.1. The number of hydrogen-bond acceptors (Lipinski definition) is 2. The number of nitrogens with zero attached hydrogens (tertiary/aromatic N) is 1. The first-order chi connectivity index (χ1) is 5.00. The van der Waals surface area contributed by atoms with Crippen LogP contribution in [-0.4, -0.2) is 29.2 Å². The van der Waals surface area contributed by atoms with Gasteiger partial charge in [0, 0.05) is 19.5 Å². The molecule has 0 aromatic rings. The molecule has 3 nitrogen and oxygen atoms in total. The maximum Gasteiger partial charge on any atom is 0.289 e. The van der Waals surface area contributed by atoms with E-state index in [1.165, 1.54) is 6.92 Å². The number of rotatable bonds is 3. The highest BCUT2D eigenvalue weighted by Gasteiger charge is 2.18. The Bertz CT molecular complexity index is 163. The molecule has 0 aromatic heterocycles. The lowest BCUT2D eigenvalue weighted by Crippen LogP contribution is -2.40. The standard InChI is InChI=1S/C8H15NO2/c1-5-9(6(2)3)8(11)7(4)10/h6H,5H2,1-4H3. The van der Waals surface area contributed by atoms with Gasteiger partial charge in [0.15, 0.2) is 0 Å². The minimum atomic E-state index is -0.388. The minimum absolute atomic E-state index is 0.108. The van der Waals surface area contributed by atoms with E-state index >= 15 is 0 Å². The summed E-state index contributed by atoms with van der Waals surface area (Å²) >= 11 is 0. The second kappa shape index (κ2) is 4.11. The van der Waals surface area contributed by atoms with Crippen molar-refractivity contribution in [1.29, 1.82) is 0 Å². The minimum Gasteiger partial charge on any atom is -0.334 e. The molecule has 0 fully saturated rings. The van der Waals surface area contributed by atoms with Crippen LogP contribution in [0, 0.1) is 0 Å². The molecule has 0 heterocycles. The van der Waals surface area contributed by atoms with Gasteiger partial charge in [0.1, 0.15) is 0 Å². The van der Waals surface area contributed by atoms with Crippen molar-refractivity contribution in [3.8, 4) is 0 Å². The number of likely N-dealkylation sites (N-methyl/N-ethyl adjacent to an activating group) is 1. The Morgan fingerprint density at radius 1 is 1.36 bits per heavy atom. The van der Waals surface area contributed by atoms with Gasteiger partial charge >= 0.3 is 0 Å². The van der Waals surface area contributed by atoms with E-state index in [1.54, 1.807) is 4.90 Å². The summed E-state index contributed by atoms with van der Waals surface area (Å²) in [4.78, 5) is 23.3. The Labute approximate surface area is 67.4 Å². The zero-order chi connectivity index (χ0) is 9.02. The topological polar surface area (TPSA) is 37.4 Å². The van der Waals surface area contributed by atoms with E-state index in [4.69, 9.17) is 0 Å². The largest absolute Gasteiger partial charge is 0.334 e. The molecule has 0 saturated heterocycles. The van der Waals surface area contributed by atoms with Crippen LogP contribution in [0.15, 0.2) is 0 Å². The zero-order valence-corrected chi connectivity index (χ0v) is 7.55. The van der Waals surface area contributed by atoms with E-state index in [-0.39, 0.29) is 17.7 Å². The van der Waals surface area contributed by atoms with Crippen LogP contribution in [0.3, 0.4) is 0 Å². The van der Waals surface area contributed by atoms with Crippen molar-refractivity contribution in [3.63, 3.8) is 0 Å². The van der Waals surface area contributed by atoms with Crippen LogP contribution in [-0.2, 0) is 9.59 Å². The fourth-order valence-corrected chi connectivity index (χ4v) is 0.945. The molecule has 0 aliphatic carbocycles. The first-order valence-corrected chi connectivity index (χ1v) is 3.82. The lowest BCUT2D eigenvalue weighted by atomic mass is 10.3. The number of Topliss-reactive ketones (excluding diaryl/α,β-unsaturated/α-hetero) is 1. The van der Waals surface area contributed by atoms with E-state index in [2.05, 4.69) is 0 Å². The molecule has 0 spiro atoms. The highest BCUT2D eigenvalue weighted by Crippen LogP contribution is 1.98. The lowest BCUT2D eigenvalue weighted by molar-refractivity contribution is -0.144. The summed E-state index contributed by atoms with van der Waals surface area (Å²) < 4.78 is 0. The van der Waals surface area contributed by atoms with Gasteiger partial charge in [-0.15, -0.1) is 0 Å². The predicted octanol–water partition coefficient (Wildman–Crippen LogP) is 0.832. The first kappa shape index (κ1) is 10.1. The molecule has 1 amide bonds. The van der Waals surface area contributed by atoms with Crippen LogP contribution in [0.2, 0.25) is 0 Å². The summed E-state index contributed by atoms with van der Waals surface area (Å²) in [5.74, 6) is -0.775. The third kappa shape index (κ3) is 2.70. The van der Waals surface area contributed by atoms with Crippen LogP contribution in [0.4, 0.5) is 0 Å². The molecule has 64 valence electrons. The average molecular weight is 157 g/mol. The molecule has 0 saturated carbocycles. The van der Waals surface area contributed by atoms with Crippen molar-refractivity contribution in [2.45, 2.75) is 33.7 Å². The monoisotopic (exact) mass is 157 g/mol. The molecule has 0 atom stereocenters. The molecular formula is C8H15NO2. The molecule has 0 N–H and O–H groups in total. The third-order valence-corrected chi connectivity index (χ3v) is 1.53. The van der Waals surface area contributed by atoms with Crippen molar-refractivity contribution >= 4 is 11.7 Å². The van der Waals surface area contributed by atoms with Crippen LogP contribution < -0.4 is 0 Å². The second-order valence-electron chi connectivity index (χ2n) is 2.74. The smallest absolute Gasteiger partial charge is 0.289 e. The Balaban J connectivity index is 4.26. The van der Waals surface area contributed by atoms with Crippen LogP contribution in [0.25, 0.3) is 0 Å². The Hall–Kier alpha value is -0.860. The Morgan fingerprint density at radius 2 is 1.82 bits per heavy atom. The van der Waals surface area contributed by atoms with Gasteiger partial charge in [-0.1, -0.05) is 0 Å². The molecule has 0 aromatic carbocycles. The number of carbonyl (C=O) groups excluding carboxylic acids is 2. The molecule has 3 heteroatoms. The summed E-state index contributed by atoms with van der Waals surface area (Å²) in [6.45, 7) is 7.54. The van der Waals surface area contributed by atoms with E-state index in [0.29, 0.717) is 6.54 Å². The molecule has 0 bridgehead atoms. The molecule has 0 unspecified atom stereocenters. The van der Waals surface area contributed by atoms with Crippen molar-refractivity contribution < 1.29 is 9.59 Å². The van der Waals surface area contributed by atoms with Gasteiger partial charge in [-0.2, -0.15) is 0 Å². The van der Waals surface area contributed by atoms with E-state index in [0.717, 1.165) is 0 Å². The van der Waals surface area contributed by atoms with Crippen LogP contribution in [0.5, 0.6) is 0 Å². The number of ketones is 1. The molecule has 11 heavy (non-hydrogen) atoms. The van der Waals surface area contributed by atoms with Crippen molar-refractivity contribution in [3.05, 3.63) is 0 Å². The number of carbonyl (C=O) groups is 2. The summed E-state index contributed by atoms with van der Waals surface area (Å²) in [7, 11) is 0. The Kier molecular flexibility index (Phi) is 3.79. The predicted molar refractivity (Wildman–Crippen MR) is 43.2 cm³/mol. The van der Waals surface area contributed by atoms with Gasteiger partial charge in [0.25, 0.3) is 5.91 Å². The molecule has 0 rings (SSSR count). The summed E-state index contributed by atoms with van der Waals surface area (Å²) in [5.41, 5.74) is 0. The lowest BCUT2D eigenvalue weighted by Gasteiger charge is -2.23. The number of amides is 1. The molecular weight excluding hydrogens is 142 g/mol. The normalized spacial score (nSPS) is 9.91. The zero-order valence-electron chi connectivity index (χ0n) is 7.55. The summed E-state index contributed by atoms with van der Waals surface area (Å²) in [6, 6.07) is 0.108. The van der Waals surface area contributed by atoms with Crippen molar-refractivity contribution in [1.82, 2.24) is 4.90 Å². The highest BCUT2D eigenvalue weighted by atomic mass is 16.2. The van der Waals surface area contributed by atoms with Gasteiger partial charge in [0.05, 0.1) is 0 Å². The van der Waals surface area contributed by atoms with Gasteiger partial charge in [-0.3, -0.25) is 9.59 Å². The number of hydrogen-bond donors (Lipinski definition) is 0. The van der Waals surface area contributed by atoms with E-state index in [9.17, 15) is 9.59 Å². The van der Waals surface area contributed by atoms with Gasteiger partial charge in [-0.05, 0) is 20.8 Å². The maximum atomic E-state index is 11.1. The summed E-state index contributed by atoms with van der Waals surface area (Å²) in [6.07, 6.45) is 0. The second-order valence-corrected chi connectivity index (χ2v) is 2.74. The van der Waals surface area contributed by atoms with Gasteiger partial charge in [-0.25, -0.2) is 0 Å². The average Bonchev–Trinajstić information content (AvgIpc) is 1.88. The third-order valence-electron chi connectivity index (χ3n) is 1.53. The van der Waals surface area contributed by atoms with Crippen LogP contribution >= 0.6 is 0 Å². The summed E-state index contributed by atoms with van der Waals surface area (Å²) in [5, 5.41) is 0. The SMILES string of the molecule is CCN(C(=O)C(C)=O)C(C)C. The van der Waals surface area contributed by atoms with Gasteiger partial charge < -0.3 is 4.90 Å². The highest BCUT2D eigenvalue weighted by molar-refractivity contribution is 6.35. The van der Waals surface area contributed by atoms with Crippen molar-refractivity contribution in [2.24, 2.45) is 0 Å². The van der Waals surface area contributed by atoms with Gasteiger partial charge in [0.2, 0.25) is 5.78 Å². The Morgan fingerprint density at radius 3 is 1.91 bits per heavy atom. The first-order valence-electron chi connectivity index (χ1n) is 3.82. The molecule has 0 aliphatic heterocycles. The fraction of sp³-hybridized carbons (Fsp3) is 0.750. The van der Waals surface area contributed by atoms with E-state index in [1.807, 2.05) is 20.8 Å². The fourth-order valence-electron chi connectivity index (χ4n) is 0.945. The van der Waals surface area contributed by atoms with Crippen molar-refractivity contribution in [2.75, 3.05) is 6.54 Å². The van der Waals surface area contributed by atoms with Crippen LogP contribution in [0.1, 0.15) is 27.7 Å². The van der Waals surface area contributed by atoms with E-state index < -0.39 is 0 Å². The molecule has 0 aliphatic rings. The molecule has 0 radical (unpaired) electrons. The quantitative estimate of drug-likeness (QED) is 0.569.